The van der Waals surface area contributed by atoms with Crippen LogP contribution in [-0.4, -0.2) is 52.3 Å². The summed E-state index contributed by atoms with van der Waals surface area (Å²) in [7, 11) is 3.04. The van der Waals surface area contributed by atoms with E-state index in [4.69, 9.17) is 13.9 Å². The molecule has 1 N–H and O–H groups in total. The molecule has 11 heteroatoms. The normalized spacial score (nSPS) is 14.3. The number of nitrogens with zero attached hydrogens (tertiary/aromatic N) is 5. The number of hydrogen-bond acceptors (Lipinski definition) is 8. The first-order valence-corrected chi connectivity index (χ1v) is 13.3. The number of hydrogen-bond donors (Lipinski definition) is 1. The van der Waals surface area contributed by atoms with Crippen molar-refractivity contribution in [3.05, 3.63) is 72.7 Å². The van der Waals surface area contributed by atoms with Crippen LogP contribution in [0.2, 0.25) is 0 Å². The minimum Gasteiger partial charge on any atom is -0.493 e. The van der Waals surface area contributed by atoms with Crippen molar-refractivity contribution >= 4 is 17.5 Å². The third kappa shape index (κ3) is 5.98. The van der Waals surface area contributed by atoms with Crippen LogP contribution in [0.25, 0.3) is 11.4 Å². The Hall–Kier alpha value is -4.67. The standard InChI is InChI=1S/C29H32N6O5/c1-38-23-16-15-22(18-25(23)39-2)35(26(36)19-34-32-28(31-33-34)20-10-5-3-6-11-20)27(24-14-9-17-40-24)29(37)30-21-12-7-4-8-13-21/h3,5-6,9-11,14-18,21,27H,4,7-8,12-13,19H2,1-2H3,(H,30,37). The average Bonchev–Trinajstić information content (AvgIpc) is 3.69. The summed E-state index contributed by atoms with van der Waals surface area (Å²) in [5.41, 5.74) is 1.20. The van der Waals surface area contributed by atoms with Crippen LogP contribution in [0.15, 0.2) is 71.3 Å². The van der Waals surface area contributed by atoms with Gasteiger partial charge in [0.25, 0.3) is 11.8 Å². The fraction of sp³-hybridized carbons (Fsp3) is 0.345. The fourth-order valence-electron chi connectivity index (χ4n) is 4.97. The second-order valence-electron chi connectivity index (χ2n) is 9.57. The van der Waals surface area contributed by atoms with Crippen molar-refractivity contribution in [2.75, 3.05) is 19.1 Å². The highest BCUT2D eigenvalue weighted by Gasteiger charge is 2.36. The molecule has 11 nitrogen and oxygen atoms in total. The zero-order valence-electron chi connectivity index (χ0n) is 22.5. The summed E-state index contributed by atoms with van der Waals surface area (Å²) in [5.74, 6) is 0.849. The van der Waals surface area contributed by atoms with Crippen LogP contribution in [0, 0.1) is 0 Å². The zero-order valence-corrected chi connectivity index (χ0v) is 22.5. The van der Waals surface area contributed by atoms with Gasteiger partial charge in [0.05, 0.1) is 20.5 Å². The Morgan fingerprint density at radius 2 is 1.80 bits per heavy atom. The predicted molar refractivity (Wildman–Crippen MR) is 147 cm³/mol. The van der Waals surface area contributed by atoms with E-state index in [-0.39, 0.29) is 18.5 Å². The second-order valence-corrected chi connectivity index (χ2v) is 9.57. The van der Waals surface area contributed by atoms with Crippen molar-refractivity contribution in [2.45, 2.75) is 50.7 Å². The highest BCUT2D eigenvalue weighted by molar-refractivity contribution is 6.01. The number of carbonyl (C=O) groups is 2. The number of carbonyl (C=O) groups excluding carboxylic acids is 2. The Kier molecular flexibility index (Phi) is 8.38. The number of furan rings is 1. The van der Waals surface area contributed by atoms with Gasteiger partial charge in [-0.2, -0.15) is 4.80 Å². The minimum absolute atomic E-state index is 0.0338. The quantitative estimate of drug-likeness (QED) is 0.315. The molecule has 1 unspecified atom stereocenters. The molecule has 0 spiro atoms. The van der Waals surface area contributed by atoms with Gasteiger partial charge in [-0.15, -0.1) is 10.2 Å². The first-order valence-electron chi connectivity index (χ1n) is 13.3. The molecule has 5 rings (SSSR count). The lowest BCUT2D eigenvalue weighted by Gasteiger charge is -2.32. The van der Waals surface area contributed by atoms with Crippen LogP contribution in [0.4, 0.5) is 5.69 Å². The number of amides is 2. The van der Waals surface area contributed by atoms with Crippen LogP contribution >= 0.6 is 0 Å². The lowest BCUT2D eigenvalue weighted by molar-refractivity contribution is -0.128. The van der Waals surface area contributed by atoms with Gasteiger partial charge < -0.3 is 19.2 Å². The molecule has 1 fully saturated rings. The summed E-state index contributed by atoms with van der Waals surface area (Å²) in [6.07, 6.45) is 6.53. The Morgan fingerprint density at radius 3 is 2.50 bits per heavy atom. The molecule has 1 atom stereocenters. The van der Waals surface area contributed by atoms with E-state index in [1.807, 2.05) is 30.3 Å². The van der Waals surface area contributed by atoms with Crippen LogP contribution in [0.5, 0.6) is 11.5 Å². The zero-order chi connectivity index (χ0) is 27.9. The number of anilines is 1. The number of rotatable bonds is 10. The van der Waals surface area contributed by atoms with E-state index in [0.29, 0.717) is 28.8 Å². The lowest BCUT2D eigenvalue weighted by atomic mass is 9.95. The first kappa shape index (κ1) is 26.9. The molecule has 2 aromatic carbocycles. The van der Waals surface area contributed by atoms with E-state index in [0.717, 1.165) is 37.7 Å². The van der Waals surface area contributed by atoms with Gasteiger partial charge in [0.1, 0.15) is 12.3 Å². The molecule has 1 aliphatic carbocycles. The molecule has 40 heavy (non-hydrogen) atoms. The molecule has 208 valence electrons. The largest absolute Gasteiger partial charge is 0.493 e. The van der Waals surface area contributed by atoms with Crippen molar-refractivity contribution in [1.82, 2.24) is 25.5 Å². The van der Waals surface area contributed by atoms with Crippen molar-refractivity contribution < 1.29 is 23.5 Å². The third-order valence-corrected chi connectivity index (χ3v) is 6.95. The van der Waals surface area contributed by atoms with Gasteiger partial charge >= 0.3 is 0 Å². The van der Waals surface area contributed by atoms with E-state index in [1.165, 1.54) is 30.2 Å². The molecule has 2 amide bonds. The molecular formula is C29H32N6O5. The maximum Gasteiger partial charge on any atom is 0.251 e. The Labute approximate surface area is 232 Å². The number of tetrazole rings is 1. The Morgan fingerprint density at radius 1 is 1.02 bits per heavy atom. The van der Waals surface area contributed by atoms with Gasteiger partial charge in [0.2, 0.25) is 5.82 Å². The topological polar surface area (TPSA) is 125 Å². The summed E-state index contributed by atoms with van der Waals surface area (Å²) in [6.45, 7) is -0.262. The highest BCUT2D eigenvalue weighted by Crippen LogP contribution is 2.36. The lowest BCUT2D eigenvalue weighted by Crippen LogP contribution is -2.48. The van der Waals surface area contributed by atoms with Gasteiger partial charge in [-0.1, -0.05) is 49.6 Å². The van der Waals surface area contributed by atoms with Crippen LogP contribution in [-0.2, 0) is 16.1 Å². The molecule has 2 aromatic heterocycles. The molecule has 4 aromatic rings. The Bertz CT molecular complexity index is 1420. The third-order valence-electron chi connectivity index (χ3n) is 6.95. The van der Waals surface area contributed by atoms with Gasteiger partial charge in [-0.3, -0.25) is 14.5 Å². The van der Waals surface area contributed by atoms with Crippen molar-refractivity contribution in [3.8, 4) is 22.9 Å². The summed E-state index contributed by atoms with van der Waals surface area (Å²) >= 11 is 0. The maximum atomic E-state index is 14.0. The van der Waals surface area contributed by atoms with Gasteiger partial charge in [0, 0.05) is 23.4 Å². The van der Waals surface area contributed by atoms with Crippen LogP contribution < -0.4 is 19.7 Å². The predicted octanol–water partition coefficient (Wildman–Crippen LogP) is 4.17. The molecule has 1 saturated carbocycles. The summed E-state index contributed by atoms with van der Waals surface area (Å²) in [4.78, 5) is 30.5. The van der Waals surface area contributed by atoms with Crippen LogP contribution in [0.3, 0.4) is 0 Å². The molecule has 0 aliphatic heterocycles. The van der Waals surface area contributed by atoms with Gasteiger partial charge in [-0.05, 0) is 42.3 Å². The van der Waals surface area contributed by atoms with E-state index in [1.54, 1.807) is 30.3 Å². The molecule has 0 radical (unpaired) electrons. The van der Waals surface area contributed by atoms with Crippen molar-refractivity contribution in [1.29, 1.82) is 0 Å². The second kappa shape index (κ2) is 12.5. The summed E-state index contributed by atoms with van der Waals surface area (Å²) < 4.78 is 16.6. The van der Waals surface area contributed by atoms with E-state index < -0.39 is 11.9 Å². The minimum atomic E-state index is -1.08. The number of benzene rings is 2. The van der Waals surface area contributed by atoms with Gasteiger partial charge in [0.15, 0.2) is 17.5 Å². The Balaban J connectivity index is 1.51. The van der Waals surface area contributed by atoms with Crippen LogP contribution in [0.1, 0.15) is 43.9 Å². The number of nitrogens with one attached hydrogen (secondary N) is 1. The average molecular weight is 545 g/mol. The fourth-order valence-corrected chi connectivity index (χ4v) is 4.97. The van der Waals surface area contributed by atoms with Crippen molar-refractivity contribution in [3.63, 3.8) is 0 Å². The number of methoxy groups -OCH3 is 2. The monoisotopic (exact) mass is 544 g/mol. The van der Waals surface area contributed by atoms with Crippen molar-refractivity contribution in [2.24, 2.45) is 0 Å². The number of aromatic nitrogens is 4. The molecule has 2 heterocycles. The molecule has 1 aliphatic rings. The molecular weight excluding hydrogens is 512 g/mol. The van der Waals surface area contributed by atoms with E-state index >= 15 is 0 Å². The van der Waals surface area contributed by atoms with E-state index in [2.05, 4.69) is 20.7 Å². The first-order chi connectivity index (χ1) is 19.6. The molecule has 0 saturated heterocycles. The summed E-state index contributed by atoms with van der Waals surface area (Å²) in [5, 5.41) is 15.7. The highest BCUT2D eigenvalue weighted by atomic mass is 16.5. The smallest absolute Gasteiger partial charge is 0.251 e. The van der Waals surface area contributed by atoms with Gasteiger partial charge in [-0.25, -0.2) is 0 Å². The SMILES string of the molecule is COc1ccc(N(C(=O)Cn2nnc(-c3ccccc3)n2)C(C(=O)NC2CCCCC2)c2ccco2)cc1OC. The maximum absolute atomic E-state index is 14.0. The van der Waals surface area contributed by atoms with E-state index in [9.17, 15) is 9.59 Å². The number of ether oxygens (including phenoxy) is 2. The summed E-state index contributed by atoms with van der Waals surface area (Å²) in [6, 6.07) is 16.7. The molecule has 0 bridgehead atoms.